The van der Waals surface area contributed by atoms with Crippen molar-refractivity contribution in [1.29, 1.82) is 0 Å². The van der Waals surface area contributed by atoms with E-state index in [9.17, 15) is 4.79 Å². The Kier molecular flexibility index (Phi) is 5.97. The molecule has 84 valence electrons. The first-order valence-corrected chi connectivity index (χ1v) is 4.61. The molecule has 0 aliphatic rings. The van der Waals surface area contributed by atoms with Gasteiger partial charge in [0, 0.05) is 0 Å². The van der Waals surface area contributed by atoms with Crippen LogP contribution in [0.1, 0.15) is 5.56 Å². The number of halogens is 1. The number of nitrogens with two attached hydrogens (primary N) is 1. The highest BCUT2D eigenvalue weighted by Gasteiger charge is 2.17. The predicted octanol–water partition coefficient (Wildman–Crippen LogP) is 1.07. The topological polar surface area (TPSA) is 46.3 Å². The van der Waals surface area contributed by atoms with E-state index in [1.54, 1.807) is 0 Å². The molecule has 1 amide bonds. The number of primary amides is 1. The number of hydrogen-bond acceptors (Lipinski definition) is 2. The summed E-state index contributed by atoms with van der Waals surface area (Å²) in [7, 11) is 3.72. The molecule has 0 aliphatic heterocycles. The number of nitrogens with zero attached hydrogens (tertiary/aromatic N) is 1. The van der Waals surface area contributed by atoms with Crippen LogP contribution in [0.5, 0.6) is 0 Å². The van der Waals surface area contributed by atoms with Gasteiger partial charge < -0.3 is 5.73 Å². The van der Waals surface area contributed by atoms with Gasteiger partial charge in [-0.2, -0.15) is 0 Å². The quantitative estimate of drug-likeness (QED) is 0.838. The molecule has 0 fully saturated rings. The molecule has 1 rings (SSSR count). The summed E-state index contributed by atoms with van der Waals surface area (Å²) in [6.07, 6.45) is 0.670. The molecule has 4 heteroatoms. The lowest BCUT2D eigenvalue weighted by molar-refractivity contribution is -0.122. The number of carbonyl (C=O) groups is 1. The molecular formula is C11H17ClN2O. The third-order valence-electron chi connectivity index (χ3n) is 2.22. The second-order valence-electron chi connectivity index (χ2n) is 3.57. The van der Waals surface area contributed by atoms with Gasteiger partial charge in [0.25, 0.3) is 0 Å². The molecule has 1 atom stereocenters. The van der Waals surface area contributed by atoms with Crippen LogP contribution < -0.4 is 5.73 Å². The van der Waals surface area contributed by atoms with E-state index >= 15 is 0 Å². The summed E-state index contributed by atoms with van der Waals surface area (Å²) in [4.78, 5) is 13.0. The van der Waals surface area contributed by atoms with Crippen LogP contribution in [0.25, 0.3) is 0 Å². The first-order valence-electron chi connectivity index (χ1n) is 4.61. The second kappa shape index (κ2) is 6.43. The molecule has 0 aliphatic carbocycles. The number of amides is 1. The largest absolute Gasteiger partial charge is 0.368 e. The molecule has 0 saturated carbocycles. The van der Waals surface area contributed by atoms with Gasteiger partial charge in [-0.25, -0.2) is 0 Å². The van der Waals surface area contributed by atoms with Crippen molar-refractivity contribution in [2.75, 3.05) is 14.1 Å². The number of rotatable bonds is 4. The van der Waals surface area contributed by atoms with Crippen LogP contribution in [0.2, 0.25) is 0 Å². The molecule has 0 bridgehead atoms. The van der Waals surface area contributed by atoms with Crippen LogP contribution in [-0.2, 0) is 11.2 Å². The lowest BCUT2D eigenvalue weighted by Gasteiger charge is -2.20. The molecule has 1 aromatic rings. The van der Waals surface area contributed by atoms with Crippen molar-refractivity contribution in [3.8, 4) is 0 Å². The van der Waals surface area contributed by atoms with Gasteiger partial charge in [-0.15, -0.1) is 12.4 Å². The summed E-state index contributed by atoms with van der Waals surface area (Å²) in [6, 6.07) is 9.65. The molecule has 0 aromatic heterocycles. The van der Waals surface area contributed by atoms with Crippen LogP contribution in [0.3, 0.4) is 0 Å². The van der Waals surface area contributed by atoms with E-state index in [1.165, 1.54) is 0 Å². The Labute approximate surface area is 96.7 Å². The summed E-state index contributed by atoms with van der Waals surface area (Å²) < 4.78 is 0. The highest BCUT2D eigenvalue weighted by atomic mass is 35.5. The summed E-state index contributed by atoms with van der Waals surface area (Å²) in [5.74, 6) is -0.279. The van der Waals surface area contributed by atoms with Crippen molar-refractivity contribution in [3.05, 3.63) is 35.9 Å². The molecule has 0 saturated heterocycles. The van der Waals surface area contributed by atoms with E-state index < -0.39 is 0 Å². The number of carbonyl (C=O) groups excluding carboxylic acids is 1. The first-order chi connectivity index (χ1) is 6.61. The smallest absolute Gasteiger partial charge is 0.235 e. The van der Waals surface area contributed by atoms with Gasteiger partial charge in [0.1, 0.15) is 0 Å². The number of likely N-dealkylation sites (N-methyl/N-ethyl adjacent to an activating group) is 1. The lowest BCUT2D eigenvalue weighted by atomic mass is 10.1. The molecule has 0 heterocycles. The Morgan fingerprint density at radius 2 is 1.87 bits per heavy atom. The summed E-state index contributed by atoms with van der Waals surface area (Å²) in [5.41, 5.74) is 6.43. The minimum absolute atomic E-state index is 0. The maximum absolute atomic E-state index is 11.1. The summed E-state index contributed by atoms with van der Waals surface area (Å²) in [5, 5.41) is 0. The maximum Gasteiger partial charge on any atom is 0.235 e. The zero-order chi connectivity index (χ0) is 10.6. The van der Waals surface area contributed by atoms with Crippen LogP contribution in [-0.4, -0.2) is 30.9 Å². The standard InChI is InChI=1S/C11H16N2O.ClH/c1-13(2)10(11(12)14)8-9-6-4-3-5-7-9;/h3-7,10H,8H2,1-2H3,(H2,12,14);1H/t10-;/m0./s1. The monoisotopic (exact) mass is 228 g/mol. The van der Waals surface area contributed by atoms with E-state index in [0.717, 1.165) is 5.56 Å². The Morgan fingerprint density at radius 3 is 2.27 bits per heavy atom. The van der Waals surface area contributed by atoms with Gasteiger partial charge in [-0.3, -0.25) is 9.69 Å². The van der Waals surface area contributed by atoms with E-state index in [1.807, 2.05) is 49.3 Å². The van der Waals surface area contributed by atoms with E-state index in [2.05, 4.69) is 0 Å². The van der Waals surface area contributed by atoms with Crippen molar-refractivity contribution in [2.45, 2.75) is 12.5 Å². The minimum atomic E-state index is -0.279. The normalized spacial score (nSPS) is 11.9. The van der Waals surface area contributed by atoms with Gasteiger partial charge in [-0.05, 0) is 26.1 Å². The third-order valence-corrected chi connectivity index (χ3v) is 2.22. The van der Waals surface area contributed by atoms with Gasteiger partial charge in [0.05, 0.1) is 6.04 Å². The SMILES string of the molecule is CN(C)[C@@H](Cc1ccccc1)C(N)=O.Cl. The zero-order valence-electron chi connectivity index (χ0n) is 9.01. The lowest BCUT2D eigenvalue weighted by Crippen LogP contribution is -2.41. The van der Waals surface area contributed by atoms with E-state index in [-0.39, 0.29) is 24.4 Å². The fourth-order valence-corrected chi connectivity index (χ4v) is 1.38. The Balaban J connectivity index is 0.00000196. The van der Waals surface area contributed by atoms with Crippen molar-refractivity contribution in [3.63, 3.8) is 0 Å². The second-order valence-corrected chi connectivity index (χ2v) is 3.57. The molecule has 1 aromatic carbocycles. The molecule has 3 nitrogen and oxygen atoms in total. The molecule has 0 unspecified atom stereocenters. The molecule has 15 heavy (non-hydrogen) atoms. The van der Waals surface area contributed by atoms with E-state index in [4.69, 9.17) is 5.73 Å². The molecular weight excluding hydrogens is 212 g/mol. The van der Waals surface area contributed by atoms with Crippen molar-refractivity contribution in [2.24, 2.45) is 5.73 Å². The van der Waals surface area contributed by atoms with Gasteiger partial charge in [-0.1, -0.05) is 30.3 Å². The molecule has 2 N–H and O–H groups in total. The summed E-state index contributed by atoms with van der Waals surface area (Å²) >= 11 is 0. The van der Waals surface area contributed by atoms with Crippen LogP contribution in [0.4, 0.5) is 0 Å². The van der Waals surface area contributed by atoms with Crippen LogP contribution >= 0.6 is 12.4 Å². The number of benzene rings is 1. The predicted molar refractivity (Wildman–Crippen MR) is 64.1 cm³/mol. The van der Waals surface area contributed by atoms with Crippen molar-refractivity contribution >= 4 is 18.3 Å². The van der Waals surface area contributed by atoms with Crippen LogP contribution in [0, 0.1) is 0 Å². The fourth-order valence-electron chi connectivity index (χ4n) is 1.38. The third kappa shape index (κ3) is 4.32. The average molecular weight is 229 g/mol. The zero-order valence-corrected chi connectivity index (χ0v) is 9.83. The molecule has 0 radical (unpaired) electrons. The highest BCUT2D eigenvalue weighted by Crippen LogP contribution is 2.05. The summed E-state index contributed by atoms with van der Waals surface area (Å²) in [6.45, 7) is 0. The minimum Gasteiger partial charge on any atom is -0.368 e. The number of hydrogen-bond donors (Lipinski definition) is 1. The van der Waals surface area contributed by atoms with Crippen molar-refractivity contribution < 1.29 is 4.79 Å². The average Bonchev–Trinajstić information content (AvgIpc) is 2.15. The Bertz CT molecular complexity index is 301. The van der Waals surface area contributed by atoms with Gasteiger partial charge in [0.2, 0.25) is 5.91 Å². The first kappa shape index (κ1) is 13.9. The fraction of sp³-hybridized carbons (Fsp3) is 0.364. The van der Waals surface area contributed by atoms with Gasteiger partial charge in [0.15, 0.2) is 0 Å². The molecule has 0 spiro atoms. The van der Waals surface area contributed by atoms with Crippen LogP contribution in [0.15, 0.2) is 30.3 Å². The van der Waals surface area contributed by atoms with E-state index in [0.29, 0.717) is 6.42 Å². The highest BCUT2D eigenvalue weighted by molar-refractivity contribution is 5.85. The maximum atomic E-state index is 11.1. The Hall–Kier alpha value is -1.06. The Morgan fingerprint density at radius 1 is 1.33 bits per heavy atom. The van der Waals surface area contributed by atoms with Crippen molar-refractivity contribution in [1.82, 2.24) is 4.90 Å². The van der Waals surface area contributed by atoms with Gasteiger partial charge >= 0.3 is 0 Å².